The van der Waals surface area contributed by atoms with Gasteiger partial charge in [-0.15, -0.1) is 0 Å². The minimum absolute atomic E-state index is 0.0411. The smallest absolute Gasteiger partial charge is 0.416 e. The van der Waals surface area contributed by atoms with Crippen LogP contribution in [0.5, 0.6) is 11.5 Å². The van der Waals surface area contributed by atoms with E-state index in [9.17, 15) is 13.2 Å². The molecule has 0 radical (unpaired) electrons. The van der Waals surface area contributed by atoms with E-state index in [1.165, 1.54) is 18.9 Å². The van der Waals surface area contributed by atoms with Gasteiger partial charge in [-0.1, -0.05) is 6.92 Å². The molecule has 0 unspecified atom stereocenters. The molecule has 6 heteroatoms. The summed E-state index contributed by atoms with van der Waals surface area (Å²) in [7, 11) is 2.15. The highest BCUT2D eigenvalue weighted by Gasteiger charge is 2.39. The molecule has 0 N–H and O–H groups in total. The molecule has 3 atom stereocenters. The Labute approximate surface area is 140 Å². The maximum absolute atomic E-state index is 12.9. The number of rotatable bonds is 5. The van der Waals surface area contributed by atoms with Crippen LogP contribution in [0.4, 0.5) is 13.2 Å². The fraction of sp³-hybridized carbons (Fsp3) is 0.667. The summed E-state index contributed by atoms with van der Waals surface area (Å²) in [5.41, 5.74) is -0.704. The quantitative estimate of drug-likeness (QED) is 0.786. The molecule has 134 valence electrons. The lowest BCUT2D eigenvalue weighted by Gasteiger charge is -2.36. The van der Waals surface area contributed by atoms with Crippen LogP contribution < -0.4 is 9.47 Å². The van der Waals surface area contributed by atoms with Gasteiger partial charge >= 0.3 is 6.18 Å². The number of nitrogens with zero attached hydrogens (tertiary/aromatic N) is 1. The number of benzene rings is 1. The van der Waals surface area contributed by atoms with Crippen molar-refractivity contribution in [2.24, 2.45) is 0 Å². The highest BCUT2D eigenvalue weighted by Crippen LogP contribution is 2.40. The molecule has 0 aromatic heterocycles. The Balaban J connectivity index is 1.76. The SMILES string of the molecule is CCCOc1cc(C(F)(F)F)ccc1O[C@H]1C[C@H]2CC[C@@H](C1)N2C. The van der Waals surface area contributed by atoms with Crippen molar-refractivity contribution < 1.29 is 22.6 Å². The molecule has 0 spiro atoms. The molecule has 0 amide bonds. The Kier molecular flexibility index (Phi) is 4.95. The van der Waals surface area contributed by atoms with Crippen molar-refractivity contribution in [1.82, 2.24) is 4.90 Å². The van der Waals surface area contributed by atoms with Crippen molar-refractivity contribution in [3.8, 4) is 11.5 Å². The third-order valence-electron chi connectivity index (χ3n) is 5.08. The Morgan fingerprint density at radius 3 is 2.38 bits per heavy atom. The summed E-state index contributed by atoms with van der Waals surface area (Å²) in [4.78, 5) is 2.40. The van der Waals surface area contributed by atoms with Crippen molar-refractivity contribution in [2.75, 3.05) is 13.7 Å². The van der Waals surface area contributed by atoms with Crippen molar-refractivity contribution in [3.05, 3.63) is 23.8 Å². The minimum Gasteiger partial charge on any atom is -0.490 e. The van der Waals surface area contributed by atoms with Gasteiger partial charge < -0.3 is 14.4 Å². The molecule has 24 heavy (non-hydrogen) atoms. The van der Waals surface area contributed by atoms with E-state index in [4.69, 9.17) is 9.47 Å². The van der Waals surface area contributed by atoms with E-state index in [1.807, 2.05) is 6.92 Å². The molecule has 2 bridgehead atoms. The van der Waals surface area contributed by atoms with Crippen molar-refractivity contribution in [2.45, 2.75) is 63.4 Å². The average molecular weight is 343 g/mol. The number of fused-ring (bicyclic) bond motifs is 2. The second kappa shape index (κ2) is 6.82. The zero-order valence-corrected chi connectivity index (χ0v) is 14.1. The molecule has 2 fully saturated rings. The molecule has 2 heterocycles. The molecule has 3 rings (SSSR count). The molecule has 1 aromatic rings. The van der Waals surface area contributed by atoms with Gasteiger partial charge in [0.2, 0.25) is 0 Å². The highest BCUT2D eigenvalue weighted by molar-refractivity contribution is 5.44. The normalized spacial score (nSPS) is 27.3. The first-order valence-corrected chi connectivity index (χ1v) is 8.61. The summed E-state index contributed by atoms with van der Waals surface area (Å²) in [5, 5.41) is 0. The van der Waals surface area contributed by atoms with E-state index in [0.29, 0.717) is 24.4 Å². The lowest BCUT2D eigenvalue weighted by atomic mass is 10.0. The molecule has 0 aliphatic carbocycles. The van der Waals surface area contributed by atoms with Crippen LogP contribution in [0.2, 0.25) is 0 Å². The van der Waals surface area contributed by atoms with Gasteiger partial charge in [-0.05, 0) is 57.4 Å². The van der Waals surface area contributed by atoms with Gasteiger partial charge in [-0.3, -0.25) is 0 Å². The lowest BCUT2D eigenvalue weighted by molar-refractivity contribution is -0.137. The maximum Gasteiger partial charge on any atom is 0.416 e. The fourth-order valence-corrected chi connectivity index (χ4v) is 3.74. The number of alkyl halides is 3. The second-order valence-electron chi connectivity index (χ2n) is 6.77. The number of hydrogen-bond acceptors (Lipinski definition) is 3. The Hall–Kier alpha value is -1.43. The zero-order valence-electron chi connectivity index (χ0n) is 14.1. The first-order chi connectivity index (χ1) is 11.4. The van der Waals surface area contributed by atoms with Gasteiger partial charge in [-0.2, -0.15) is 13.2 Å². The van der Waals surface area contributed by atoms with Gasteiger partial charge in [0, 0.05) is 12.1 Å². The van der Waals surface area contributed by atoms with Crippen molar-refractivity contribution in [3.63, 3.8) is 0 Å². The van der Waals surface area contributed by atoms with Crippen LogP contribution >= 0.6 is 0 Å². The Bertz CT molecular complexity index is 562. The first kappa shape index (κ1) is 17.4. The molecule has 1 aromatic carbocycles. The molecule has 2 aliphatic rings. The number of halogens is 3. The molecule has 2 saturated heterocycles. The van der Waals surface area contributed by atoms with E-state index in [-0.39, 0.29) is 11.9 Å². The van der Waals surface area contributed by atoms with Crippen LogP contribution in [0.25, 0.3) is 0 Å². The first-order valence-electron chi connectivity index (χ1n) is 8.61. The van der Waals surface area contributed by atoms with Gasteiger partial charge in [0.05, 0.1) is 12.2 Å². The van der Waals surface area contributed by atoms with Crippen LogP contribution in [-0.4, -0.2) is 36.7 Å². The topological polar surface area (TPSA) is 21.7 Å². The molecule has 2 aliphatic heterocycles. The van der Waals surface area contributed by atoms with E-state index in [0.717, 1.165) is 31.4 Å². The minimum atomic E-state index is -4.38. The van der Waals surface area contributed by atoms with Crippen LogP contribution in [0.3, 0.4) is 0 Å². The van der Waals surface area contributed by atoms with Crippen LogP contribution in [0, 0.1) is 0 Å². The third-order valence-corrected chi connectivity index (χ3v) is 5.08. The van der Waals surface area contributed by atoms with E-state index in [2.05, 4.69) is 11.9 Å². The van der Waals surface area contributed by atoms with Crippen LogP contribution in [-0.2, 0) is 6.18 Å². The molecule has 0 saturated carbocycles. The number of ether oxygens (including phenoxy) is 2. The largest absolute Gasteiger partial charge is 0.490 e. The predicted molar refractivity (Wildman–Crippen MR) is 85.5 cm³/mol. The maximum atomic E-state index is 12.9. The van der Waals surface area contributed by atoms with Crippen LogP contribution in [0.15, 0.2) is 18.2 Å². The average Bonchev–Trinajstić information content (AvgIpc) is 2.74. The summed E-state index contributed by atoms with van der Waals surface area (Å²) < 4.78 is 50.4. The van der Waals surface area contributed by atoms with Crippen molar-refractivity contribution >= 4 is 0 Å². The van der Waals surface area contributed by atoms with E-state index < -0.39 is 11.7 Å². The van der Waals surface area contributed by atoms with Gasteiger partial charge in [-0.25, -0.2) is 0 Å². The number of piperidine rings is 1. The molecular formula is C18H24F3NO2. The number of hydrogen-bond donors (Lipinski definition) is 0. The summed E-state index contributed by atoms with van der Waals surface area (Å²) in [6, 6.07) is 4.55. The van der Waals surface area contributed by atoms with Gasteiger partial charge in [0.15, 0.2) is 11.5 Å². The molecule has 3 nitrogen and oxygen atoms in total. The lowest BCUT2D eigenvalue weighted by Crippen LogP contribution is -2.43. The zero-order chi connectivity index (χ0) is 17.3. The summed E-state index contributed by atoms with van der Waals surface area (Å²) in [6.07, 6.45) is 0.575. The monoisotopic (exact) mass is 343 g/mol. The van der Waals surface area contributed by atoms with E-state index >= 15 is 0 Å². The molecular weight excluding hydrogens is 319 g/mol. The predicted octanol–water partition coefficient (Wildman–Crippen LogP) is 4.50. The fourth-order valence-electron chi connectivity index (χ4n) is 3.74. The third kappa shape index (κ3) is 3.63. The van der Waals surface area contributed by atoms with Crippen LogP contribution in [0.1, 0.15) is 44.6 Å². The Morgan fingerprint density at radius 2 is 1.79 bits per heavy atom. The summed E-state index contributed by atoms with van der Waals surface area (Å²) >= 11 is 0. The summed E-state index contributed by atoms with van der Waals surface area (Å²) in [6.45, 7) is 2.29. The van der Waals surface area contributed by atoms with Gasteiger partial charge in [0.1, 0.15) is 6.10 Å². The Morgan fingerprint density at radius 1 is 1.12 bits per heavy atom. The standard InChI is InChI=1S/C18H24F3NO2/c1-3-8-23-17-9-12(18(19,20)21)4-7-16(17)24-15-10-13-5-6-14(11-15)22(13)2/h4,7,9,13-15H,3,5-6,8,10-11H2,1-2H3/t13-,14+,15+. The highest BCUT2D eigenvalue weighted by atomic mass is 19.4. The van der Waals surface area contributed by atoms with E-state index in [1.54, 1.807) is 0 Å². The summed E-state index contributed by atoms with van der Waals surface area (Å²) in [5.74, 6) is 0.614. The van der Waals surface area contributed by atoms with Gasteiger partial charge in [0.25, 0.3) is 0 Å². The second-order valence-corrected chi connectivity index (χ2v) is 6.77. The van der Waals surface area contributed by atoms with Crippen molar-refractivity contribution in [1.29, 1.82) is 0 Å².